The number of hydrogen-bond acceptors (Lipinski definition) is 2. The Balaban J connectivity index is 2.46. The van der Waals surface area contributed by atoms with Gasteiger partial charge in [0, 0.05) is 0 Å². The molecule has 3 nitrogen and oxygen atoms in total. The van der Waals surface area contributed by atoms with E-state index in [9.17, 15) is 9.18 Å². The molecule has 0 amide bonds. The minimum atomic E-state index is -1.23. The second-order valence-electron chi connectivity index (χ2n) is 2.93. The van der Waals surface area contributed by atoms with E-state index in [1.807, 2.05) is 0 Å². The Hall–Kier alpha value is -0.640. The maximum Gasteiger partial charge on any atom is 0.306 e. The van der Waals surface area contributed by atoms with Gasteiger partial charge in [0.1, 0.15) is 6.17 Å². The second kappa shape index (κ2) is 3.17. The molecule has 2 N–H and O–H groups in total. The maximum absolute atomic E-state index is 12.6. The highest BCUT2D eigenvalue weighted by atomic mass is 19.1. The van der Waals surface area contributed by atoms with E-state index in [1.165, 1.54) is 0 Å². The molecule has 1 rings (SSSR count). The number of aliphatic hydroxyl groups excluding tert-OH is 1. The van der Waals surface area contributed by atoms with Gasteiger partial charge < -0.3 is 10.2 Å². The first-order valence-corrected chi connectivity index (χ1v) is 3.66. The molecule has 1 aliphatic rings. The predicted octanol–water partition coefficient (Wildman–Crippen LogP) is 0.570. The molecule has 4 heteroatoms. The van der Waals surface area contributed by atoms with Crippen molar-refractivity contribution in [3.05, 3.63) is 0 Å². The van der Waals surface area contributed by atoms with Gasteiger partial charge in [0.25, 0.3) is 0 Å². The molecule has 1 aliphatic carbocycles. The van der Waals surface area contributed by atoms with Gasteiger partial charge in [-0.1, -0.05) is 0 Å². The molecule has 3 atom stereocenters. The maximum atomic E-state index is 12.6. The molecule has 0 aromatic carbocycles. The summed E-state index contributed by atoms with van der Waals surface area (Å²) in [6.45, 7) is 0. The zero-order chi connectivity index (χ0) is 8.43. The van der Waals surface area contributed by atoms with Crippen molar-refractivity contribution in [2.75, 3.05) is 0 Å². The Labute approximate surface area is 63.8 Å². The standard InChI is InChI=1S/C7H11FO3/c8-5-2-1-4(7(10)11)3-6(5)9/h4-6,9H,1-3H2,(H,10,11)/t4-,5-,6-/m1/s1. The highest BCUT2D eigenvalue weighted by molar-refractivity contribution is 5.70. The Bertz CT molecular complexity index is 160. The molecule has 0 bridgehead atoms. The molecule has 11 heavy (non-hydrogen) atoms. The van der Waals surface area contributed by atoms with Crippen LogP contribution in [0.25, 0.3) is 0 Å². The van der Waals surface area contributed by atoms with Gasteiger partial charge in [-0.2, -0.15) is 0 Å². The first-order chi connectivity index (χ1) is 5.11. The zero-order valence-corrected chi connectivity index (χ0v) is 6.03. The van der Waals surface area contributed by atoms with E-state index >= 15 is 0 Å². The molecule has 1 fully saturated rings. The summed E-state index contributed by atoms with van der Waals surface area (Å²) in [4.78, 5) is 10.4. The minimum Gasteiger partial charge on any atom is -0.481 e. The largest absolute Gasteiger partial charge is 0.481 e. The van der Waals surface area contributed by atoms with Crippen molar-refractivity contribution < 1.29 is 19.4 Å². The van der Waals surface area contributed by atoms with Crippen LogP contribution in [0, 0.1) is 5.92 Å². The number of halogens is 1. The van der Waals surface area contributed by atoms with Gasteiger partial charge >= 0.3 is 5.97 Å². The second-order valence-corrected chi connectivity index (χ2v) is 2.93. The number of carbonyl (C=O) groups is 1. The number of carboxylic acid groups (broad SMARTS) is 1. The summed E-state index contributed by atoms with van der Waals surface area (Å²) < 4.78 is 12.6. The fraction of sp³-hybridized carbons (Fsp3) is 0.857. The number of carboxylic acids is 1. The quantitative estimate of drug-likeness (QED) is 0.592. The summed E-state index contributed by atoms with van der Waals surface area (Å²) >= 11 is 0. The molecule has 0 radical (unpaired) electrons. The van der Waals surface area contributed by atoms with E-state index in [0.29, 0.717) is 6.42 Å². The molecule has 0 saturated heterocycles. The first kappa shape index (κ1) is 8.46. The van der Waals surface area contributed by atoms with Crippen molar-refractivity contribution in [2.24, 2.45) is 5.92 Å². The fourth-order valence-electron chi connectivity index (χ4n) is 1.33. The smallest absolute Gasteiger partial charge is 0.306 e. The highest BCUT2D eigenvalue weighted by Gasteiger charge is 2.32. The van der Waals surface area contributed by atoms with Crippen molar-refractivity contribution in [1.82, 2.24) is 0 Å². The fourth-order valence-corrected chi connectivity index (χ4v) is 1.33. The summed E-state index contributed by atoms with van der Waals surface area (Å²) in [5.41, 5.74) is 0. The third kappa shape index (κ3) is 1.89. The first-order valence-electron chi connectivity index (χ1n) is 3.66. The van der Waals surface area contributed by atoms with Crippen LogP contribution in [-0.4, -0.2) is 28.5 Å². The number of alkyl halides is 1. The molecule has 0 unspecified atom stereocenters. The van der Waals surface area contributed by atoms with Gasteiger partial charge in [0.05, 0.1) is 12.0 Å². The van der Waals surface area contributed by atoms with Crippen LogP contribution in [0.4, 0.5) is 4.39 Å². The van der Waals surface area contributed by atoms with Gasteiger partial charge in [0.15, 0.2) is 0 Å². The average Bonchev–Trinajstić information content (AvgIpc) is 1.94. The number of aliphatic carboxylic acids is 1. The van der Waals surface area contributed by atoms with Crippen LogP contribution in [-0.2, 0) is 4.79 Å². The van der Waals surface area contributed by atoms with E-state index < -0.39 is 24.2 Å². The van der Waals surface area contributed by atoms with Gasteiger partial charge in [-0.15, -0.1) is 0 Å². The lowest BCUT2D eigenvalue weighted by molar-refractivity contribution is -0.145. The van der Waals surface area contributed by atoms with Crippen LogP contribution in [0.3, 0.4) is 0 Å². The summed E-state index contributed by atoms with van der Waals surface area (Å²) in [6.07, 6.45) is -1.75. The molecule has 0 aliphatic heterocycles. The third-order valence-corrected chi connectivity index (χ3v) is 2.08. The van der Waals surface area contributed by atoms with Crippen molar-refractivity contribution in [1.29, 1.82) is 0 Å². The molecular formula is C7H11FO3. The molecule has 1 saturated carbocycles. The van der Waals surface area contributed by atoms with E-state index in [2.05, 4.69) is 0 Å². The normalized spacial score (nSPS) is 38.5. The molecule has 0 heterocycles. The average molecular weight is 162 g/mol. The van der Waals surface area contributed by atoms with Crippen molar-refractivity contribution in [3.8, 4) is 0 Å². The summed E-state index contributed by atoms with van der Waals surface area (Å²) in [7, 11) is 0. The van der Waals surface area contributed by atoms with E-state index in [4.69, 9.17) is 10.2 Å². The van der Waals surface area contributed by atoms with Crippen LogP contribution in [0.2, 0.25) is 0 Å². The van der Waals surface area contributed by atoms with Gasteiger partial charge in [0.2, 0.25) is 0 Å². The van der Waals surface area contributed by atoms with Gasteiger partial charge in [-0.05, 0) is 19.3 Å². The molecule has 0 spiro atoms. The Morgan fingerprint density at radius 2 is 2.09 bits per heavy atom. The van der Waals surface area contributed by atoms with Crippen LogP contribution in [0.5, 0.6) is 0 Å². The molecule has 0 aromatic rings. The van der Waals surface area contributed by atoms with Crippen LogP contribution < -0.4 is 0 Å². The number of aliphatic hydroxyl groups is 1. The van der Waals surface area contributed by atoms with Gasteiger partial charge in [-0.3, -0.25) is 4.79 Å². The van der Waals surface area contributed by atoms with E-state index in [1.54, 1.807) is 0 Å². The van der Waals surface area contributed by atoms with E-state index in [0.717, 1.165) is 0 Å². The lowest BCUT2D eigenvalue weighted by atomic mass is 9.86. The Kier molecular flexibility index (Phi) is 2.44. The third-order valence-electron chi connectivity index (χ3n) is 2.08. The van der Waals surface area contributed by atoms with Crippen LogP contribution in [0.15, 0.2) is 0 Å². The summed E-state index contributed by atoms with van der Waals surface area (Å²) in [6, 6.07) is 0. The number of hydrogen-bond donors (Lipinski definition) is 2. The van der Waals surface area contributed by atoms with Crippen molar-refractivity contribution >= 4 is 5.97 Å². The Morgan fingerprint density at radius 1 is 1.45 bits per heavy atom. The molecular weight excluding hydrogens is 151 g/mol. The van der Waals surface area contributed by atoms with Gasteiger partial charge in [-0.25, -0.2) is 4.39 Å². The molecule has 0 aromatic heterocycles. The predicted molar refractivity (Wildman–Crippen MR) is 35.9 cm³/mol. The highest BCUT2D eigenvalue weighted by Crippen LogP contribution is 2.26. The van der Waals surface area contributed by atoms with E-state index in [-0.39, 0.29) is 12.8 Å². The van der Waals surface area contributed by atoms with Crippen LogP contribution >= 0.6 is 0 Å². The summed E-state index contributed by atoms with van der Waals surface area (Å²) in [5, 5.41) is 17.5. The minimum absolute atomic E-state index is 0.0521. The topological polar surface area (TPSA) is 57.5 Å². The van der Waals surface area contributed by atoms with Crippen molar-refractivity contribution in [2.45, 2.75) is 31.5 Å². The Morgan fingerprint density at radius 3 is 2.55 bits per heavy atom. The monoisotopic (exact) mass is 162 g/mol. The SMILES string of the molecule is O=C(O)[C@@H]1CC[C@@H](F)[C@H](O)C1. The molecule has 64 valence electrons. The summed E-state index contributed by atoms with van der Waals surface area (Å²) in [5.74, 6) is -1.49. The van der Waals surface area contributed by atoms with Crippen LogP contribution in [0.1, 0.15) is 19.3 Å². The lowest BCUT2D eigenvalue weighted by Crippen LogP contribution is -2.33. The van der Waals surface area contributed by atoms with Crippen molar-refractivity contribution in [3.63, 3.8) is 0 Å². The number of rotatable bonds is 1. The lowest BCUT2D eigenvalue weighted by Gasteiger charge is -2.25. The zero-order valence-electron chi connectivity index (χ0n) is 6.03.